The lowest BCUT2D eigenvalue weighted by atomic mass is 9.94. The Hall–Kier alpha value is -2.44. The molecule has 1 aliphatic carbocycles. The standard InChI is InChI=1S/C19H20N2O5S/c1-26-14-6-4-13(5-7-14)16-10-17(22)19(23)18(16)21-27(24,25)15-8-2-12(11-20)3-9-15/h2-9,16-19,21-23H,10H2,1H3/t16-,17-,18-,19-/m1/s1. The molecule has 2 aromatic rings. The summed E-state index contributed by atoms with van der Waals surface area (Å²) in [6, 6.07) is 13.6. The Morgan fingerprint density at radius 3 is 2.30 bits per heavy atom. The Morgan fingerprint density at radius 1 is 1.11 bits per heavy atom. The molecule has 0 aromatic heterocycles. The number of methoxy groups -OCH3 is 1. The highest BCUT2D eigenvalue weighted by molar-refractivity contribution is 7.89. The molecule has 27 heavy (non-hydrogen) atoms. The van der Waals surface area contributed by atoms with E-state index in [4.69, 9.17) is 10.00 Å². The Balaban J connectivity index is 1.87. The number of aliphatic hydroxyl groups excluding tert-OH is 2. The second-order valence-corrected chi connectivity index (χ2v) is 8.17. The van der Waals surface area contributed by atoms with Gasteiger partial charge in [-0.1, -0.05) is 12.1 Å². The fourth-order valence-corrected chi connectivity index (χ4v) is 4.62. The highest BCUT2D eigenvalue weighted by atomic mass is 32.2. The average Bonchev–Trinajstić information content (AvgIpc) is 2.96. The first-order valence-corrected chi connectivity index (χ1v) is 9.86. The molecule has 3 rings (SSSR count). The summed E-state index contributed by atoms with van der Waals surface area (Å²) in [7, 11) is -2.39. The van der Waals surface area contributed by atoms with Crippen molar-refractivity contribution in [2.45, 2.75) is 35.5 Å². The van der Waals surface area contributed by atoms with E-state index in [-0.39, 0.29) is 11.3 Å². The van der Waals surface area contributed by atoms with Crippen LogP contribution in [0.15, 0.2) is 53.4 Å². The van der Waals surface area contributed by atoms with Gasteiger partial charge in [-0.3, -0.25) is 0 Å². The maximum Gasteiger partial charge on any atom is 0.240 e. The van der Waals surface area contributed by atoms with Gasteiger partial charge >= 0.3 is 0 Å². The summed E-state index contributed by atoms with van der Waals surface area (Å²) < 4.78 is 33.1. The molecule has 0 heterocycles. The Kier molecular flexibility index (Phi) is 5.48. The molecule has 4 atom stereocenters. The molecule has 1 fully saturated rings. The van der Waals surface area contributed by atoms with Crippen molar-refractivity contribution < 1.29 is 23.4 Å². The van der Waals surface area contributed by atoms with Gasteiger partial charge in [0.2, 0.25) is 10.0 Å². The predicted molar refractivity (Wildman–Crippen MR) is 97.6 cm³/mol. The lowest BCUT2D eigenvalue weighted by Crippen LogP contribution is -2.45. The van der Waals surface area contributed by atoms with E-state index in [1.165, 1.54) is 24.3 Å². The summed E-state index contributed by atoms with van der Waals surface area (Å²) >= 11 is 0. The number of nitriles is 1. The summed E-state index contributed by atoms with van der Waals surface area (Å²) in [6.07, 6.45) is -2.04. The topological polar surface area (TPSA) is 120 Å². The molecule has 0 unspecified atom stereocenters. The van der Waals surface area contributed by atoms with Crippen LogP contribution in [0.4, 0.5) is 0 Å². The molecule has 3 N–H and O–H groups in total. The van der Waals surface area contributed by atoms with E-state index in [0.717, 1.165) is 5.56 Å². The van der Waals surface area contributed by atoms with Crippen LogP contribution in [0.3, 0.4) is 0 Å². The van der Waals surface area contributed by atoms with Gasteiger partial charge < -0.3 is 14.9 Å². The number of ether oxygens (including phenoxy) is 1. The number of rotatable bonds is 5. The smallest absolute Gasteiger partial charge is 0.240 e. The molecule has 0 bridgehead atoms. The maximum atomic E-state index is 12.7. The lowest BCUT2D eigenvalue weighted by molar-refractivity contribution is 0.0338. The molecule has 0 spiro atoms. The number of hydrogen-bond acceptors (Lipinski definition) is 6. The Morgan fingerprint density at radius 2 is 1.74 bits per heavy atom. The van der Waals surface area contributed by atoms with Gasteiger partial charge in [0.05, 0.1) is 41.9 Å². The van der Waals surface area contributed by atoms with Crippen LogP contribution < -0.4 is 9.46 Å². The maximum absolute atomic E-state index is 12.7. The molecular weight excluding hydrogens is 368 g/mol. The van der Waals surface area contributed by atoms with Crippen LogP contribution in [0.2, 0.25) is 0 Å². The van der Waals surface area contributed by atoms with Crippen LogP contribution in [0.25, 0.3) is 0 Å². The third kappa shape index (κ3) is 3.96. The van der Waals surface area contributed by atoms with E-state index in [9.17, 15) is 18.6 Å². The molecule has 1 saturated carbocycles. The summed E-state index contributed by atoms with van der Waals surface area (Å²) in [4.78, 5) is -0.0106. The minimum atomic E-state index is -3.93. The largest absolute Gasteiger partial charge is 0.497 e. The Labute approximate surface area is 157 Å². The first-order valence-electron chi connectivity index (χ1n) is 8.38. The van der Waals surface area contributed by atoms with Crippen molar-refractivity contribution in [2.75, 3.05) is 7.11 Å². The third-order valence-corrected chi connectivity index (χ3v) is 6.30. The van der Waals surface area contributed by atoms with Crippen molar-refractivity contribution in [3.8, 4) is 11.8 Å². The minimum Gasteiger partial charge on any atom is -0.497 e. The van der Waals surface area contributed by atoms with Crippen LogP contribution in [-0.4, -0.2) is 44.0 Å². The van der Waals surface area contributed by atoms with Crippen molar-refractivity contribution in [3.63, 3.8) is 0 Å². The predicted octanol–water partition coefficient (Wildman–Crippen LogP) is 1.12. The molecule has 8 heteroatoms. The minimum absolute atomic E-state index is 0.0106. The third-order valence-electron chi connectivity index (χ3n) is 4.82. The fourth-order valence-electron chi connectivity index (χ4n) is 3.33. The number of benzene rings is 2. The highest BCUT2D eigenvalue weighted by Crippen LogP contribution is 2.36. The fraction of sp³-hybridized carbons (Fsp3) is 0.316. The molecule has 0 aliphatic heterocycles. The number of nitrogens with one attached hydrogen (secondary N) is 1. The molecule has 0 saturated heterocycles. The van der Waals surface area contributed by atoms with Crippen LogP contribution in [0.5, 0.6) is 5.75 Å². The van der Waals surface area contributed by atoms with Crippen molar-refractivity contribution in [3.05, 3.63) is 59.7 Å². The van der Waals surface area contributed by atoms with Crippen molar-refractivity contribution in [1.82, 2.24) is 4.72 Å². The zero-order valence-electron chi connectivity index (χ0n) is 14.6. The van der Waals surface area contributed by atoms with E-state index in [1.54, 1.807) is 31.4 Å². The van der Waals surface area contributed by atoms with Crippen molar-refractivity contribution >= 4 is 10.0 Å². The first kappa shape index (κ1) is 19.3. The van der Waals surface area contributed by atoms with Gasteiger partial charge in [0.1, 0.15) is 5.75 Å². The summed E-state index contributed by atoms with van der Waals surface area (Å²) in [5, 5.41) is 29.3. The van der Waals surface area contributed by atoms with Gasteiger partial charge in [-0.15, -0.1) is 0 Å². The lowest BCUT2D eigenvalue weighted by Gasteiger charge is -2.24. The molecule has 142 valence electrons. The molecule has 1 aliphatic rings. The SMILES string of the molecule is COc1ccc([C@H]2C[C@@H](O)[C@@H](O)[C@@H]2NS(=O)(=O)c2ccc(C#N)cc2)cc1. The van der Waals surface area contributed by atoms with Gasteiger partial charge in [-0.25, -0.2) is 13.1 Å². The second kappa shape index (κ2) is 7.66. The van der Waals surface area contributed by atoms with E-state index >= 15 is 0 Å². The van der Waals surface area contributed by atoms with Crippen LogP contribution in [-0.2, 0) is 10.0 Å². The van der Waals surface area contributed by atoms with E-state index < -0.39 is 34.2 Å². The summed E-state index contributed by atoms with van der Waals surface area (Å²) in [5.41, 5.74) is 1.14. The van der Waals surface area contributed by atoms with Crippen LogP contribution in [0, 0.1) is 11.3 Å². The second-order valence-electron chi connectivity index (χ2n) is 6.46. The van der Waals surface area contributed by atoms with Gasteiger partial charge in [0, 0.05) is 5.92 Å². The summed E-state index contributed by atoms with van der Waals surface area (Å²) in [6.45, 7) is 0. The zero-order valence-corrected chi connectivity index (χ0v) is 15.4. The molecular formula is C19H20N2O5S. The van der Waals surface area contributed by atoms with Gasteiger partial charge in [-0.05, 0) is 48.4 Å². The van der Waals surface area contributed by atoms with Gasteiger partial charge in [0.15, 0.2) is 0 Å². The zero-order chi connectivity index (χ0) is 19.6. The average molecular weight is 388 g/mol. The molecule has 7 nitrogen and oxygen atoms in total. The first-order chi connectivity index (χ1) is 12.9. The van der Waals surface area contributed by atoms with E-state index in [2.05, 4.69) is 4.72 Å². The molecule has 2 aromatic carbocycles. The monoisotopic (exact) mass is 388 g/mol. The number of hydrogen-bond donors (Lipinski definition) is 3. The number of aliphatic hydroxyl groups is 2. The molecule has 0 radical (unpaired) electrons. The highest BCUT2D eigenvalue weighted by Gasteiger charge is 2.44. The van der Waals surface area contributed by atoms with Gasteiger partial charge in [-0.2, -0.15) is 5.26 Å². The number of nitrogens with zero attached hydrogens (tertiary/aromatic N) is 1. The van der Waals surface area contributed by atoms with E-state index in [0.29, 0.717) is 11.3 Å². The quantitative estimate of drug-likeness (QED) is 0.706. The van der Waals surface area contributed by atoms with Crippen molar-refractivity contribution in [2.24, 2.45) is 0 Å². The number of sulfonamides is 1. The normalized spacial score (nSPS) is 25.1. The van der Waals surface area contributed by atoms with Crippen LogP contribution in [0.1, 0.15) is 23.5 Å². The van der Waals surface area contributed by atoms with E-state index in [1.807, 2.05) is 6.07 Å². The Bertz CT molecular complexity index is 936. The van der Waals surface area contributed by atoms with Crippen molar-refractivity contribution in [1.29, 1.82) is 5.26 Å². The summed E-state index contributed by atoms with van der Waals surface area (Å²) in [5.74, 6) is 0.265. The molecule has 0 amide bonds. The van der Waals surface area contributed by atoms with Crippen LogP contribution >= 0.6 is 0 Å². The van der Waals surface area contributed by atoms with Gasteiger partial charge in [0.25, 0.3) is 0 Å².